The van der Waals surface area contributed by atoms with Crippen molar-refractivity contribution in [3.63, 3.8) is 0 Å². The van der Waals surface area contributed by atoms with E-state index >= 15 is 0 Å². The lowest BCUT2D eigenvalue weighted by Gasteiger charge is -2.23. The first-order valence-corrected chi connectivity index (χ1v) is 7.43. The lowest BCUT2D eigenvalue weighted by atomic mass is 10.1. The van der Waals surface area contributed by atoms with Crippen molar-refractivity contribution < 1.29 is 4.79 Å². The van der Waals surface area contributed by atoms with Gasteiger partial charge in [-0.25, -0.2) is 0 Å². The maximum absolute atomic E-state index is 12.8. The van der Waals surface area contributed by atoms with Gasteiger partial charge in [0.15, 0.2) is 0 Å². The fourth-order valence-corrected chi connectivity index (χ4v) is 2.32. The first kappa shape index (κ1) is 15.4. The van der Waals surface area contributed by atoms with Gasteiger partial charge >= 0.3 is 0 Å². The van der Waals surface area contributed by atoms with Gasteiger partial charge in [0.1, 0.15) is 0 Å². The van der Waals surface area contributed by atoms with Gasteiger partial charge in [0.2, 0.25) is 0 Å². The van der Waals surface area contributed by atoms with Crippen LogP contribution in [0.2, 0.25) is 5.02 Å². The van der Waals surface area contributed by atoms with E-state index in [1.807, 2.05) is 30.3 Å². The quantitative estimate of drug-likeness (QED) is 0.834. The molecule has 0 saturated carbocycles. The number of hydrogen-bond donors (Lipinski definition) is 1. The predicted molar refractivity (Wildman–Crippen MR) is 88.9 cm³/mol. The van der Waals surface area contributed by atoms with Gasteiger partial charge in [0.25, 0.3) is 5.91 Å². The zero-order valence-electron chi connectivity index (χ0n) is 12.1. The molecule has 110 valence electrons. The van der Waals surface area contributed by atoms with Crippen LogP contribution in [-0.2, 0) is 0 Å². The lowest BCUT2D eigenvalue weighted by molar-refractivity contribution is 0.0987. The van der Waals surface area contributed by atoms with Gasteiger partial charge in [-0.2, -0.15) is 0 Å². The van der Waals surface area contributed by atoms with E-state index < -0.39 is 0 Å². The summed E-state index contributed by atoms with van der Waals surface area (Å²) < 4.78 is 0. The summed E-state index contributed by atoms with van der Waals surface area (Å²) in [5.41, 5.74) is 7.60. The number of para-hydroxylation sites is 2. The second kappa shape index (κ2) is 7.14. The topological polar surface area (TPSA) is 46.3 Å². The normalized spacial score (nSPS) is 10.4. The second-order valence-electron chi connectivity index (χ2n) is 4.85. The number of benzene rings is 2. The number of anilines is 2. The standard InChI is InChI=1S/C17H19ClN2O/c1-2-3-12-20(13-8-5-4-6-9-13)17(21)14-10-7-11-15(18)16(14)19/h4-11H,2-3,12,19H2,1H3. The van der Waals surface area contributed by atoms with Gasteiger partial charge in [-0.3, -0.25) is 4.79 Å². The number of carbonyl (C=O) groups is 1. The molecule has 0 aromatic heterocycles. The number of carbonyl (C=O) groups excluding carboxylic acids is 1. The number of hydrogen-bond acceptors (Lipinski definition) is 2. The van der Waals surface area contributed by atoms with Crippen molar-refractivity contribution in [2.75, 3.05) is 17.2 Å². The SMILES string of the molecule is CCCCN(C(=O)c1cccc(Cl)c1N)c1ccccc1. The molecule has 21 heavy (non-hydrogen) atoms. The van der Waals surface area contributed by atoms with Crippen molar-refractivity contribution in [2.45, 2.75) is 19.8 Å². The highest BCUT2D eigenvalue weighted by Gasteiger charge is 2.20. The summed E-state index contributed by atoms with van der Waals surface area (Å²) in [5, 5.41) is 0.407. The third-order valence-corrected chi connectivity index (χ3v) is 3.66. The molecule has 0 aliphatic heterocycles. The van der Waals surface area contributed by atoms with Gasteiger partial charge in [-0.1, -0.05) is 49.2 Å². The molecule has 2 N–H and O–H groups in total. The molecule has 0 fully saturated rings. The maximum atomic E-state index is 12.8. The van der Waals surface area contributed by atoms with Crippen LogP contribution in [0.15, 0.2) is 48.5 Å². The van der Waals surface area contributed by atoms with Crippen molar-refractivity contribution in [1.29, 1.82) is 0 Å². The molecule has 0 aliphatic rings. The number of unbranched alkanes of at least 4 members (excludes halogenated alkanes) is 1. The Bertz CT molecular complexity index is 613. The monoisotopic (exact) mass is 302 g/mol. The highest BCUT2D eigenvalue weighted by molar-refractivity contribution is 6.34. The molecule has 0 spiro atoms. The Hall–Kier alpha value is -2.00. The second-order valence-corrected chi connectivity index (χ2v) is 5.25. The molecule has 0 unspecified atom stereocenters. The van der Waals surface area contributed by atoms with Crippen LogP contribution >= 0.6 is 11.6 Å². The van der Waals surface area contributed by atoms with Crippen LogP contribution in [0.25, 0.3) is 0 Å². The number of nitrogen functional groups attached to an aromatic ring is 1. The fourth-order valence-electron chi connectivity index (χ4n) is 2.14. The summed E-state index contributed by atoms with van der Waals surface area (Å²) in [6.45, 7) is 2.76. The third kappa shape index (κ3) is 3.56. The highest BCUT2D eigenvalue weighted by atomic mass is 35.5. The Balaban J connectivity index is 2.36. The molecule has 0 heterocycles. The van der Waals surface area contributed by atoms with Crippen molar-refractivity contribution in [2.24, 2.45) is 0 Å². The minimum Gasteiger partial charge on any atom is -0.397 e. The molecule has 1 amide bonds. The van der Waals surface area contributed by atoms with Crippen LogP contribution in [0.3, 0.4) is 0 Å². The van der Waals surface area contributed by atoms with E-state index in [2.05, 4.69) is 6.92 Å². The molecular weight excluding hydrogens is 284 g/mol. The summed E-state index contributed by atoms with van der Waals surface area (Å²) in [6.07, 6.45) is 1.95. The Morgan fingerprint density at radius 1 is 1.14 bits per heavy atom. The Kier molecular flexibility index (Phi) is 5.23. The van der Waals surface area contributed by atoms with Gasteiger partial charge in [-0.05, 0) is 30.7 Å². The molecule has 0 saturated heterocycles. The first-order chi connectivity index (χ1) is 10.1. The smallest absolute Gasteiger partial charge is 0.260 e. The van der Waals surface area contributed by atoms with E-state index in [1.54, 1.807) is 23.1 Å². The number of nitrogens with two attached hydrogens (primary N) is 1. The molecule has 2 rings (SSSR count). The minimum absolute atomic E-state index is 0.116. The van der Waals surface area contributed by atoms with Gasteiger partial charge in [-0.15, -0.1) is 0 Å². The van der Waals surface area contributed by atoms with Crippen molar-refractivity contribution in [3.8, 4) is 0 Å². The van der Waals surface area contributed by atoms with Crippen LogP contribution in [-0.4, -0.2) is 12.5 Å². The minimum atomic E-state index is -0.116. The Morgan fingerprint density at radius 2 is 1.86 bits per heavy atom. The molecule has 0 atom stereocenters. The van der Waals surface area contributed by atoms with Crippen molar-refractivity contribution >= 4 is 28.9 Å². The third-order valence-electron chi connectivity index (χ3n) is 3.33. The molecule has 2 aromatic rings. The molecule has 2 aromatic carbocycles. The number of amides is 1. The van der Waals surface area contributed by atoms with Crippen LogP contribution < -0.4 is 10.6 Å². The summed E-state index contributed by atoms with van der Waals surface area (Å²) in [6, 6.07) is 14.8. The summed E-state index contributed by atoms with van der Waals surface area (Å²) in [4.78, 5) is 14.6. The predicted octanol–water partition coefficient (Wildman–Crippen LogP) is 4.37. The van der Waals surface area contributed by atoms with E-state index in [1.165, 1.54) is 0 Å². The average Bonchev–Trinajstić information content (AvgIpc) is 2.51. The van der Waals surface area contributed by atoms with Crippen LogP contribution in [0.5, 0.6) is 0 Å². The largest absolute Gasteiger partial charge is 0.397 e. The molecule has 0 bridgehead atoms. The molecule has 4 heteroatoms. The summed E-state index contributed by atoms with van der Waals surface area (Å²) in [5.74, 6) is -0.116. The van der Waals surface area contributed by atoms with Crippen LogP contribution in [0.4, 0.5) is 11.4 Å². The van der Waals surface area contributed by atoms with Crippen LogP contribution in [0, 0.1) is 0 Å². The van der Waals surface area contributed by atoms with E-state index in [4.69, 9.17) is 17.3 Å². The number of nitrogens with zero attached hydrogens (tertiary/aromatic N) is 1. The Labute approximate surface area is 130 Å². The van der Waals surface area contributed by atoms with E-state index in [0.717, 1.165) is 18.5 Å². The zero-order chi connectivity index (χ0) is 15.2. The highest BCUT2D eigenvalue weighted by Crippen LogP contribution is 2.26. The lowest BCUT2D eigenvalue weighted by Crippen LogP contribution is -2.32. The van der Waals surface area contributed by atoms with Crippen molar-refractivity contribution in [3.05, 3.63) is 59.1 Å². The molecule has 3 nitrogen and oxygen atoms in total. The van der Waals surface area contributed by atoms with Crippen LogP contribution in [0.1, 0.15) is 30.1 Å². The van der Waals surface area contributed by atoms with E-state index in [0.29, 0.717) is 22.8 Å². The maximum Gasteiger partial charge on any atom is 0.260 e. The molecular formula is C17H19ClN2O. The molecule has 0 aliphatic carbocycles. The number of rotatable bonds is 5. The van der Waals surface area contributed by atoms with Gasteiger partial charge < -0.3 is 10.6 Å². The van der Waals surface area contributed by atoms with Gasteiger partial charge in [0, 0.05) is 12.2 Å². The average molecular weight is 303 g/mol. The fraction of sp³-hybridized carbons (Fsp3) is 0.235. The number of halogens is 1. The zero-order valence-corrected chi connectivity index (χ0v) is 12.8. The van der Waals surface area contributed by atoms with Crippen molar-refractivity contribution in [1.82, 2.24) is 0 Å². The molecule has 0 radical (unpaired) electrons. The van der Waals surface area contributed by atoms with E-state index in [-0.39, 0.29) is 5.91 Å². The summed E-state index contributed by atoms with van der Waals surface area (Å²) in [7, 11) is 0. The van der Waals surface area contributed by atoms with E-state index in [9.17, 15) is 4.79 Å². The van der Waals surface area contributed by atoms with Gasteiger partial charge in [0.05, 0.1) is 16.3 Å². The summed E-state index contributed by atoms with van der Waals surface area (Å²) >= 11 is 6.02. The Morgan fingerprint density at radius 3 is 2.52 bits per heavy atom. The first-order valence-electron chi connectivity index (χ1n) is 7.06.